The van der Waals surface area contributed by atoms with Crippen LogP contribution in [0.3, 0.4) is 0 Å². The smallest absolute Gasteiger partial charge is 0.276 e. The maximum absolute atomic E-state index is 12.1. The molecule has 0 atom stereocenters. The number of carbonyl (C=O) groups is 2. The Morgan fingerprint density at radius 2 is 1.54 bits per heavy atom. The zero-order valence-electron chi connectivity index (χ0n) is 14.7. The largest absolute Gasteiger partial charge is 0.484 e. The van der Waals surface area contributed by atoms with Gasteiger partial charge in [0.25, 0.3) is 11.8 Å². The summed E-state index contributed by atoms with van der Waals surface area (Å²) in [5.74, 6) is -0.557. The van der Waals surface area contributed by atoms with Crippen molar-refractivity contribution in [2.45, 2.75) is 26.2 Å². The molecule has 2 N–H and O–H groups in total. The normalized spacial score (nSPS) is 11.0. The van der Waals surface area contributed by atoms with Gasteiger partial charge >= 0.3 is 0 Å². The molecule has 2 amide bonds. The molecular weight excluding hydrogens is 375 g/mol. The molecule has 2 aromatic carbocycles. The van der Waals surface area contributed by atoms with Gasteiger partial charge in [0.15, 0.2) is 6.61 Å². The second kappa shape index (κ2) is 8.43. The molecule has 0 aliphatic heterocycles. The molecular formula is C19H20Cl2N2O3. The lowest BCUT2D eigenvalue weighted by molar-refractivity contribution is -0.123. The van der Waals surface area contributed by atoms with Gasteiger partial charge in [0.05, 0.1) is 15.6 Å². The second-order valence-corrected chi connectivity index (χ2v) is 7.48. The van der Waals surface area contributed by atoms with E-state index in [-0.39, 0.29) is 27.6 Å². The standard InChI is InChI=1S/C19H20Cl2N2O3/c1-19(2,3)12-7-9-13(10-8-12)26-11-16(24)22-23-18(25)17-14(20)5-4-6-15(17)21/h4-10H,11H2,1-3H3,(H,22,24)(H,23,25). The number of ether oxygens (including phenoxy) is 1. The van der Waals surface area contributed by atoms with Crippen LogP contribution in [0, 0.1) is 0 Å². The van der Waals surface area contributed by atoms with Gasteiger partial charge in [0.1, 0.15) is 5.75 Å². The van der Waals surface area contributed by atoms with E-state index in [0.29, 0.717) is 5.75 Å². The first-order valence-electron chi connectivity index (χ1n) is 7.95. The number of halogens is 2. The Labute approximate surface area is 162 Å². The van der Waals surface area contributed by atoms with E-state index in [1.807, 2.05) is 12.1 Å². The second-order valence-electron chi connectivity index (χ2n) is 6.66. The van der Waals surface area contributed by atoms with Crippen molar-refractivity contribution in [3.63, 3.8) is 0 Å². The molecule has 5 nitrogen and oxygen atoms in total. The number of hydrogen-bond donors (Lipinski definition) is 2. The van der Waals surface area contributed by atoms with E-state index in [0.717, 1.165) is 5.56 Å². The zero-order valence-corrected chi connectivity index (χ0v) is 16.2. The Morgan fingerprint density at radius 1 is 0.962 bits per heavy atom. The van der Waals surface area contributed by atoms with Crippen molar-refractivity contribution in [1.29, 1.82) is 0 Å². The lowest BCUT2D eigenvalue weighted by atomic mass is 9.87. The van der Waals surface area contributed by atoms with Crippen molar-refractivity contribution in [2.24, 2.45) is 0 Å². The van der Waals surface area contributed by atoms with Crippen molar-refractivity contribution >= 4 is 35.0 Å². The lowest BCUT2D eigenvalue weighted by Crippen LogP contribution is -2.44. The van der Waals surface area contributed by atoms with Crippen LogP contribution in [0.2, 0.25) is 10.0 Å². The van der Waals surface area contributed by atoms with Crippen molar-refractivity contribution in [1.82, 2.24) is 10.9 Å². The number of rotatable bonds is 4. The Morgan fingerprint density at radius 3 is 2.08 bits per heavy atom. The van der Waals surface area contributed by atoms with Gasteiger partial charge in [-0.25, -0.2) is 0 Å². The fourth-order valence-corrected chi connectivity index (χ4v) is 2.71. The van der Waals surface area contributed by atoms with Crippen LogP contribution in [0.1, 0.15) is 36.7 Å². The Hall–Kier alpha value is -2.24. The summed E-state index contributed by atoms with van der Waals surface area (Å²) in [4.78, 5) is 23.9. The summed E-state index contributed by atoms with van der Waals surface area (Å²) >= 11 is 11.9. The van der Waals surface area contributed by atoms with Crippen LogP contribution in [-0.2, 0) is 10.2 Å². The van der Waals surface area contributed by atoms with Crippen molar-refractivity contribution in [3.05, 3.63) is 63.6 Å². The van der Waals surface area contributed by atoms with Crippen molar-refractivity contribution in [3.8, 4) is 5.75 Å². The fraction of sp³-hybridized carbons (Fsp3) is 0.263. The Kier molecular flexibility index (Phi) is 6.51. The highest BCUT2D eigenvalue weighted by Crippen LogP contribution is 2.25. The molecule has 0 fully saturated rings. The molecule has 0 spiro atoms. The van der Waals surface area contributed by atoms with E-state index < -0.39 is 11.8 Å². The number of nitrogens with one attached hydrogen (secondary N) is 2. The molecule has 0 bridgehead atoms. The van der Waals surface area contributed by atoms with E-state index in [1.165, 1.54) is 12.1 Å². The summed E-state index contributed by atoms with van der Waals surface area (Å²) < 4.78 is 5.41. The van der Waals surface area contributed by atoms with Gasteiger partial charge in [-0.1, -0.05) is 62.2 Å². The highest BCUT2D eigenvalue weighted by atomic mass is 35.5. The van der Waals surface area contributed by atoms with E-state index >= 15 is 0 Å². The number of benzene rings is 2. The summed E-state index contributed by atoms with van der Waals surface area (Å²) in [6.45, 7) is 6.10. The summed E-state index contributed by atoms with van der Waals surface area (Å²) in [7, 11) is 0. The first-order valence-corrected chi connectivity index (χ1v) is 8.70. The molecule has 0 aliphatic carbocycles. The van der Waals surface area contributed by atoms with Gasteiger partial charge in [0, 0.05) is 0 Å². The molecule has 0 saturated heterocycles. The van der Waals surface area contributed by atoms with Crippen LogP contribution >= 0.6 is 23.2 Å². The Balaban J connectivity index is 1.85. The molecule has 0 heterocycles. The van der Waals surface area contributed by atoms with E-state index in [9.17, 15) is 9.59 Å². The van der Waals surface area contributed by atoms with Gasteiger partial charge in [-0.15, -0.1) is 0 Å². The van der Waals surface area contributed by atoms with E-state index in [2.05, 4.69) is 31.6 Å². The average Bonchev–Trinajstić information content (AvgIpc) is 2.57. The SMILES string of the molecule is CC(C)(C)c1ccc(OCC(=O)NNC(=O)c2c(Cl)cccc2Cl)cc1. The predicted molar refractivity (Wildman–Crippen MR) is 103 cm³/mol. The maximum Gasteiger partial charge on any atom is 0.276 e. The fourth-order valence-electron chi connectivity index (χ4n) is 2.14. The third-order valence-corrected chi connectivity index (χ3v) is 4.23. The van der Waals surface area contributed by atoms with Gasteiger partial charge in [-0.2, -0.15) is 0 Å². The lowest BCUT2D eigenvalue weighted by Gasteiger charge is -2.19. The first kappa shape index (κ1) is 20.1. The van der Waals surface area contributed by atoms with Crippen LogP contribution in [0.5, 0.6) is 5.75 Å². The third kappa shape index (κ3) is 5.38. The van der Waals surface area contributed by atoms with Crippen LogP contribution in [0.4, 0.5) is 0 Å². The van der Waals surface area contributed by atoms with E-state index in [4.69, 9.17) is 27.9 Å². The summed E-state index contributed by atoms with van der Waals surface area (Å²) in [6.07, 6.45) is 0. The quantitative estimate of drug-likeness (QED) is 0.765. The third-order valence-electron chi connectivity index (χ3n) is 3.60. The first-order chi connectivity index (χ1) is 12.2. The number of carbonyl (C=O) groups excluding carboxylic acids is 2. The number of hydrazine groups is 1. The zero-order chi connectivity index (χ0) is 19.3. The van der Waals surface area contributed by atoms with Crippen LogP contribution in [0.15, 0.2) is 42.5 Å². The molecule has 138 valence electrons. The summed E-state index contributed by atoms with van der Waals surface area (Å²) in [5.41, 5.74) is 5.82. The topological polar surface area (TPSA) is 67.4 Å². The van der Waals surface area contributed by atoms with Gasteiger partial charge in [0.2, 0.25) is 0 Å². The Bertz CT molecular complexity index is 779. The molecule has 0 radical (unpaired) electrons. The summed E-state index contributed by atoms with van der Waals surface area (Å²) in [6, 6.07) is 12.2. The minimum Gasteiger partial charge on any atom is -0.484 e. The predicted octanol–water partition coefficient (Wildman–Crippen LogP) is 4.13. The number of hydrogen-bond acceptors (Lipinski definition) is 3. The molecule has 2 aromatic rings. The molecule has 0 aliphatic rings. The molecule has 2 rings (SSSR count). The minimum absolute atomic E-state index is 0.0418. The molecule has 0 aromatic heterocycles. The summed E-state index contributed by atoms with van der Waals surface area (Å²) in [5, 5.41) is 0.388. The maximum atomic E-state index is 12.1. The van der Waals surface area contributed by atoms with Gasteiger partial charge in [-0.05, 0) is 35.2 Å². The van der Waals surface area contributed by atoms with Crippen molar-refractivity contribution in [2.75, 3.05) is 6.61 Å². The van der Waals surface area contributed by atoms with Crippen molar-refractivity contribution < 1.29 is 14.3 Å². The van der Waals surface area contributed by atoms with E-state index in [1.54, 1.807) is 18.2 Å². The monoisotopic (exact) mass is 394 g/mol. The highest BCUT2D eigenvalue weighted by molar-refractivity contribution is 6.39. The molecule has 0 unspecified atom stereocenters. The average molecular weight is 395 g/mol. The molecule has 0 saturated carbocycles. The van der Waals surface area contributed by atoms with Crippen LogP contribution in [0.25, 0.3) is 0 Å². The van der Waals surface area contributed by atoms with Crippen LogP contribution < -0.4 is 15.6 Å². The van der Waals surface area contributed by atoms with Gasteiger partial charge < -0.3 is 4.74 Å². The van der Waals surface area contributed by atoms with Crippen LogP contribution in [-0.4, -0.2) is 18.4 Å². The highest BCUT2D eigenvalue weighted by Gasteiger charge is 2.16. The minimum atomic E-state index is -0.608. The molecule has 26 heavy (non-hydrogen) atoms. The number of amides is 2. The molecule has 7 heteroatoms. The van der Waals surface area contributed by atoms with Gasteiger partial charge in [-0.3, -0.25) is 20.4 Å².